The van der Waals surface area contributed by atoms with Crippen LogP contribution in [0.5, 0.6) is 0 Å². The number of aromatic nitrogens is 4. The Labute approximate surface area is 101 Å². The topological polar surface area (TPSA) is 43.6 Å². The first-order chi connectivity index (χ1) is 7.74. The Morgan fingerprint density at radius 1 is 1.38 bits per heavy atom. The lowest BCUT2D eigenvalue weighted by Gasteiger charge is -2.02. The van der Waals surface area contributed by atoms with Crippen LogP contribution in [0.4, 0.5) is 0 Å². The van der Waals surface area contributed by atoms with Crippen molar-refractivity contribution in [3.8, 4) is 5.82 Å². The van der Waals surface area contributed by atoms with Gasteiger partial charge in [0.15, 0.2) is 5.82 Å². The fraction of sp³-hybridized carbons (Fsp3) is 0.100. The summed E-state index contributed by atoms with van der Waals surface area (Å²) in [6.07, 6.45) is 5.25. The Balaban J connectivity index is 2.38. The largest absolute Gasteiger partial charge is 0.290 e. The highest BCUT2D eigenvalue weighted by atomic mass is 35.5. The van der Waals surface area contributed by atoms with Crippen LogP contribution in [-0.4, -0.2) is 19.5 Å². The third-order valence-electron chi connectivity index (χ3n) is 2.22. The van der Waals surface area contributed by atoms with Crippen molar-refractivity contribution >= 4 is 33.2 Å². The smallest absolute Gasteiger partial charge is 0.225 e. The molecule has 0 unspecified atom stereocenters. The minimum atomic E-state index is 0.262. The molecule has 0 saturated carbocycles. The van der Waals surface area contributed by atoms with Crippen molar-refractivity contribution < 1.29 is 0 Å². The Bertz CT molecular complexity index is 644. The summed E-state index contributed by atoms with van der Waals surface area (Å²) < 4.78 is 1.84. The average Bonchev–Trinajstić information content (AvgIpc) is 2.83. The Kier molecular flexibility index (Phi) is 2.15. The molecule has 3 heterocycles. The van der Waals surface area contributed by atoms with Crippen LogP contribution in [0.15, 0.2) is 24.8 Å². The van der Waals surface area contributed by atoms with Crippen LogP contribution >= 0.6 is 22.9 Å². The molecule has 6 heteroatoms. The summed E-state index contributed by atoms with van der Waals surface area (Å²) in [4.78, 5) is 14.5. The Hall–Kier alpha value is -1.46. The van der Waals surface area contributed by atoms with E-state index in [0.29, 0.717) is 0 Å². The molecule has 0 saturated heterocycles. The van der Waals surface area contributed by atoms with Crippen LogP contribution in [0.2, 0.25) is 5.28 Å². The van der Waals surface area contributed by atoms with Crippen LogP contribution in [-0.2, 0) is 0 Å². The molecule has 3 rings (SSSR count). The summed E-state index contributed by atoms with van der Waals surface area (Å²) in [6, 6.07) is 2.06. The highest BCUT2D eigenvalue weighted by molar-refractivity contribution is 7.18. The van der Waals surface area contributed by atoms with Gasteiger partial charge in [-0.2, -0.15) is 4.98 Å². The second-order valence-corrected chi connectivity index (χ2v) is 4.93. The van der Waals surface area contributed by atoms with Gasteiger partial charge in [-0.3, -0.25) is 4.57 Å². The lowest BCUT2D eigenvalue weighted by molar-refractivity contribution is 0.995. The summed E-state index contributed by atoms with van der Waals surface area (Å²) in [5.41, 5.74) is 0. The van der Waals surface area contributed by atoms with Crippen LogP contribution in [0.3, 0.4) is 0 Å². The maximum atomic E-state index is 5.90. The Morgan fingerprint density at radius 2 is 2.25 bits per heavy atom. The third kappa shape index (κ3) is 1.48. The van der Waals surface area contributed by atoms with E-state index in [2.05, 4.69) is 21.0 Å². The third-order valence-corrected chi connectivity index (χ3v) is 3.33. The van der Waals surface area contributed by atoms with Crippen molar-refractivity contribution in [2.75, 3.05) is 0 Å². The Morgan fingerprint density at radius 3 is 3.00 bits per heavy atom. The zero-order valence-corrected chi connectivity index (χ0v) is 9.96. The van der Waals surface area contributed by atoms with Gasteiger partial charge in [0, 0.05) is 17.3 Å². The molecule has 3 aromatic rings. The molecule has 0 fully saturated rings. The van der Waals surface area contributed by atoms with E-state index in [4.69, 9.17) is 11.6 Å². The summed E-state index contributed by atoms with van der Waals surface area (Å²) >= 11 is 7.51. The van der Waals surface area contributed by atoms with Crippen molar-refractivity contribution in [2.45, 2.75) is 6.92 Å². The van der Waals surface area contributed by atoms with E-state index in [1.54, 1.807) is 23.9 Å². The van der Waals surface area contributed by atoms with Gasteiger partial charge in [0.05, 0.1) is 5.39 Å². The number of thiophene rings is 1. The van der Waals surface area contributed by atoms with Gasteiger partial charge in [-0.05, 0) is 24.6 Å². The minimum Gasteiger partial charge on any atom is -0.290 e. The van der Waals surface area contributed by atoms with E-state index in [0.717, 1.165) is 16.0 Å². The highest BCUT2D eigenvalue weighted by Crippen LogP contribution is 2.28. The van der Waals surface area contributed by atoms with Gasteiger partial charge in [0.1, 0.15) is 11.2 Å². The predicted molar refractivity (Wildman–Crippen MR) is 64.3 cm³/mol. The number of hydrogen-bond acceptors (Lipinski definition) is 4. The van der Waals surface area contributed by atoms with Gasteiger partial charge in [0.2, 0.25) is 5.28 Å². The lowest BCUT2D eigenvalue weighted by atomic mass is 10.3. The minimum absolute atomic E-state index is 0.262. The SMILES string of the molecule is Cc1cc2c(-n3ccnc3)nc(Cl)nc2s1. The van der Waals surface area contributed by atoms with Gasteiger partial charge in [0.25, 0.3) is 0 Å². The van der Waals surface area contributed by atoms with Crippen LogP contribution < -0.4 is 0 Å². The normalized spacial score (nSPS) is 11.1. The molecule has 4 nitrogen and oxygen atoms in total. The van der Waals surface area contributed by atoms with E-state index in [9.17, 15) is 0 Å². The van der Waals surface area contributed by atoms with Crippen LogP contribution in [0.25, 0.3) is 16.0 Å². The molecule has 0 spiro atoms. The quantitative estimate of drug-likeness (QED) is 0.624. The van der Waals surface area contributed by atoms with E-state index >= 15 is 0 Å². The number of imidazole rings is 1. The molecule has 0 aliphatic heterocycles. The fourth-order valence-electron chi connectivity index (χ4n) is 1.58. The summed E-state index contributed by atoms with van der Waals surface area (Å²) in [6.45, 7) is 2.04. The molecule has 0 bridgehead atoms. The highest BCUT2D eigenvalue weighted by Gasteiger charge is 2.10. The fourth-order valence-corrected chi connectivity index (χ4v) is 2.67. The van der Waals surface area contributed by atoms with Crippen molar-refractivity contribution in [3.05, 3.63) is 34.9 Å². The molecule has 3 aromatic heterocycles. The van der Waals surface area contributed by atoms with E-state index in [1.807, 2.05) is 17.7 Å². The average molecular weight is 251 g/mol. The number of rotatable bonds is 1. The molecule has 0 aliphatic rings. The van der Waals surface area contributed by atoms with Gasteiger partial charge < -0.3 is 0 Å². The molecule has 0 aromatic carbocycles. The first kappa shape index (κ1) is 9.74. The van der Waals surface area contributed by atoms with Crippen LogP contribution in [0, 0.1) is 6.92 Å². The van der Waals surface area contributed by atoms with Crippen LogP contribution in [0.1, 0.15) is 4.88 Å². The zero-order chi connectivity index (χ0) is 11.1. The van der Waals surface area contributed by atoms with Crippen molar-refractivity contribution in [1.29, 1.82) is 0 Å². The number of halogens is 1. The molecular formula is C10H7ClN4S. The standard InChI is InChI=1S/C10H7ClN4S/c1-6-4-7-8(15-3-2-12-5-15)13-10(11)14-9(7)16-6/h2-5H,1H3. The lowest BCUT2D eigenvalue weighted by Crippen LogP contribution is -1.96. The molecule has 0 amide bonds. The number of nitrogens with zero attached hydrogens (tertiary/aromatic N) is 4. The molecule has 16 heavy (non-hydrogen) atoms. The van der Waals surface area contributed by atoms with Gasteiger partial charge >= 0.3 is 0 Å². The van der Waals surface area contributed by atoms with Gasteiger partial charge in [-0.25, -0.2) is 9.97 Å². The van der Waals surface area contributed by atoms with E-state index in [-0.39, 0.29) is 5.28 Å². The number of aryl methyl sites for hydroxylation is 1. The second kappa shape index (κ2) is 3.54. The van der Waals surface area contributed by atoms with Crippen molar-refractivity contribution in [1.82, 2.24) is 19.5 Å². The maximum Gasteiger partial charge on any atom is 0.225 e. The first-order valence-corrected chi connectivity index (χ1v) is 5.85. The zero-order valence-electron chi connectivity index (χ0n) is 8.38. The van der Waals surface area contributed by atoms with E-state index in [1.165, 1.54) is 4.88 Å². The summed E-state index contributed by atoms with van der Waals surface area (Å²) in [5.74, 6) is 0.775. The van der Waals surface area contributed by atoms with E-state index < -0.39 is 0 Å². The first-order valence-electron chi connectivity index (χ1n) is 4.66. The predicted octanol–water partition coefficient (Wildman–Crippen LogP) is 2.84. The summed E-state index contributed by atoms with van der Waals surface area (Å²) in [7, 11) is 0. The maximum absolute atomic E-state index is 5.90. The van der Waals surface area contributed by atoms with Gasteiger partial charge in [-0.15, -0.1) is 11.3 Å². The monoisotopic (exact) mass is 250 g/mol. The molecule has 0 atom stereocenters. The van der Waals surface area contributed by atoms with Crippen molar-refractivity contribution in [2.24, 2.45) is 0 Å². The van der Waals surface area contributed by atoms with Crippen molar-refractivity contribution in [3.63, 3.8) is 0 Å². The number of fused-ring (bicyclic) bond motifs is 1. The molecule has 0 radical (unpaired) electrons. The van der Waals surface area contributed by atoms with Gasteiger partial charge in [-0.1, -0.05) is 0 Å². The molecule has 80 valence electrons. The second-order valence-electron chi connectivity index (χ2n) is 3.36. The molecular weight excluding hydrogens is 244 g/mol. The molecule has 0 N–H and O–H groups in total. The summed E-state index contributed by atoms with van der Waals surface area (Å²) in [5, 5.41) is 1.27. The number of hydrogen-bond donors (Lipinski definition) is 0. The molecule has 0 aliphatic carbocycles.